The molecule has 1 aliphatic rings. The van der Waals surface area contributed by atoms with Crippen LogP contribution in [0.1, 0.15) is 37.0 Å². The summed E-state index contributed by atoms with van der Waals surface area (Å²) in [6.45, 7) is 7.23. The fourth-order valence-corrected chi connectivity index (χ4v) is 3.30. The number of halogens is 2. The first-order valence-electron chi connectivity index (χ1n) is 7.82. The third kappa shape index (κ3) is 4.43. The second-order valence-corrected chi connectivity index (χ2v) is 6.88. The molecular formula is C17H24ClFN2O. The Bertz CT molecular complexity index is 515. The SMILES string of the molecule is CC(C)N1CCC[C@@H](CN(C)C(=O)c2cc(F)cc(Cl)c2)C1. The van der Waals surface area contributed by atoms with Crippen LogP contribution in [0.3, 0.4) is 0 Å². The van der Waals surface area contributed by atoms with Crippen LogP contribution < -0.4 is 0 Å². The molecule has 1 aromatic rings. The number of carbonyl (C=O) groups is 1. The molecule has 1 amide bonds. The number of hydrogen-bond donors (Lipinski definition) is 0. The van der Waals surface area contributed by atoms with Crippen LogP contribution in [0.25, 0.3) is 0 Å². The second kappa shape index (κ2) is 7.42. The van der Waals surface area contributed by atoms with Crippen molar-refractivity contribution in [3.8, 4) is 0 Å². The van der Waals surface area contributed by atoms with E-state index in [9.17, 15) is 9.18 Å². The van der Waals surface area contributed by atoms with E-state index in [0.717, 1.165) is 25.9 Å². The van der Waals surface area contributed by atoms with Gasteiger partial charge >= 0.3 is 0 Å². The summed E-state index contributed by atoms with van der Waals surface area (Å²) < 4.78 is 13.4. The van der Waals surface area contributed by atoms with Crippen molar-refractivity contribution in [1.29, 1.82) is 0 Å². The summed E-state index contributed by atoms with van der Waals surface area (Å²) in [5.41, 5.74) is 0.309. The van der Waals surface area contributed by atoms with Crippen molar-refractivity contribution in [1.82, 2.24) is 9.80 Å². The average molecular weight is 327 g/mol. The van der Waals surface area contributed by atoms with E-state index in [0.29, 0.717) is 24.1 Å². The maximum atomic E-state index is 13.4. The first-order chi connectivity index (χ1) is 10.4. The van der Waals surface area contributed by atoms with Crippen LogP contribution in [0.15, 0.2) is 18.2 Å². The molecule has 3 nitrogen and oxygen atoms in total. The normalized spacial score (nSPS) is 19.5. The van der Waals surface area contributed by atoms with Gasteiger partial charge in [-0.15, -0.1) is 0 Å². The highest BCUT2D eigenvalue weighted by Gasteiger charge is 2.24. The van der Waals surface area contributed by atoms with Crippen LogP contribution in [0, 0.1) is 11.7 Å². The molecule has 122 valence electrons. The molecule has 1 fully saturated rings. The van der Waals surface area contributed by atoms with Gasteiger partial charge in [0.25, 0.3) is 5.91 Å². The third-order valence-electron chi connectivity index (χ3n) is 4.27. The van der Waals surface area contributed by atoms with Gasteiger partial charge in [-0.25, -0.2) is 4.39 Å². The van der Waals surface area contributed by atoms with E-state index in [-0.39, 0.29) is 10.9 Å². The molecule has 5 heteroatoms. The molecule has 0 saturated carbocycles. The molecule has 1 saturated heterocycles. The summed E-state index contributed by atoms with van der Waals surface area (Å²) in [5, 5.41) is 0.250. The second-order valence-electron chi connectivity index (χ2n) is 6.44. The van der Waals surface area contributed by atoms with Gasteiger partial charge in [0.2, 0.25) is 0 Å². The van der Waals surface area contributed by atoms with Crippen LogP contribution in [0.5, 0.6) is 0 Å². The lowest BCUT2D eigenvalue weighted by Gasteiger charge is -2.37. The molecule has 22 heavy (non-hydrogen) atoms. The summed E-state index contributed by atoms with van der Waals surface area (Å²) in [7, 11) is 1.77. The maximum Gasteiger partial charge on any atom is 0.253 e. The smallest absolute Gasteiger partial charge is 0.253 e. The zero-order valence-electron chi connectivity index (χ0n) is 13.5. The zero-order valence-corrected chi connectivity index (χ0v) is 14.2. The molecule has 0 aromatic heterocycles. The molecule has 0 bridgehead atoms. The van der Waals surface area contributed by atoms with Crippen molar-refractivity contribution in [3.05, 3.63) is 34.6 Å². The summed E-state index contributed by atoms with van der Waals surface area (Å²) in [4.78, 5) is 16.6. The molecule has 0 N–H and O–H groups in total. The lowest BCUT2D eigenvalue weighted by molar-refractivity contribution is 0.0708. The number of hydrogen-bond acceptors (Lipinski definition) is 2. The molecule has 0 aliphatic carbocycles. The third-order valence-corrected chi connectivity index (χ3v) is 4.49. The minimum absolute atomic E-state index is 0.178. The van der Waals surface area contributed by atoms with Crippen molar-refractivity contribution < 1.29 is 9.18 Å². The van der Waals surface area contributed by atoms with E-state index < -0.39 is 5.82 Å². The number of piperidine rings is 1. The Morgan fingerprint density at radius 1 is 1.45 bits per heavy atom. The van der Waals surface area contributed by atoms with Crippen LogP contribution >= 0.6 is 11.6 Å². The minimum atomic E-state index is -0.479. The molecule has 1 aliphatic heterocycles. The van der Waals surface area contributed by atoms with Gasteiger partial charge in [0, 0.05) is 36.8 Å². The molecule has 1 aromatic carbocycles. The highest BCUT2D eigenvalue weighted by molar-refractivity contribution is 6.31. The summed E-state index contributed by atoms with van der Waals surface area (Å²) >= 11 is 5.83. The van der Waals surface area contributed by atoms with E-state index in [1.807, 2.05) is 0 Å². The fourth-order valence-electron chi connectivity index (χ4n) is 3.08. The molecule has 0 radical (unpaired) electrons. The number of nitrogens with zero attached hydrogens (tertiary/aromatic N) is 2. The summed E-state index contributed by atoms with van der Waals surface area (Å²) in [6, 6.07) is 4.50. The number of benzene rings is 1. The molecule has 2 rings (SSSR count). The van der Waals surface area contributed by atoms with Gasteiger partial charge in [-0.1, -0.05) is 11.6 Å². The van der Waals surface area contributed by atoms with E-state index in [4.69, 9.17) is 11.6 Å². The van der Waals surface area contributed by atoms with Crippen molar-refractivity contribution in [2.45, 2.75) is 32.7 Å². The van der Waals surface area contributed by atoms with Gasteiger partial charge in [0.1, 0.15) is 5.82 Å². The van der Waals surface area contributed by atoms with Gasteiger partial charge in [0.15, 0.2) is 0 Å². The Morgan fingerprint density at radius 3 is 2.82 bits per heavy atom. The summed E-state index contributed by atoms with van der Waals surface area (Å²) in [6.07, 6.45) is 2.29. The number of rotatable bonds is 4. The number of amides is 1. The molecule has 1 heterocycles. The first kappa shape index (κ1) is 17.2. The Hall–Kier alpha value is -1.13. The monoisotopic (exact) mass is 326 g/mol. The maximum absolute atomic E-state index is 13.4. The van der Waals surface area contributed by atoms with Crippen molar-refractivity contribution in [2.75, 3.05) is 26.7 Å². The quantitative estimate of drug-likeness (QED) is 0.843. The molecule has 0 unspecified atom stereocenters. The predicted molar refractivity (Wildman–Crippen MR) is 87.8 cm³/mol. The largest absolute Gasteiger partial charge is 0.341 e. The Morgan fingerprint density at radius 2 is 2.18 bits per heavy atom. The van der Waals surface area contributed by atoms with E-state index in [1.165, 1.54) is 18.2 Å². The number of likely N-dealkylation sites (tertiary alicyclic amines) is 1. The van der Waals surface area contributed by atoms with Crippen LogP contribution in [-0.2, 0) is 0 Å². The van der Waals surface area contributed by atoms with Crippen molar-refractivity contribution >= 4 is 17.5 Å². The van der Waals surface area contributed by atoms with E-state index in [1.54, 1.807) is 11.9 Å². The molecular weight excluding hydrogens is 303 g/mol. The van der Waals surface area contributed by atoms with Gasteiger partial charge in [0.05, 0.1) is 0 Å². The van der Waals surface area contributed by atoms with Crippen molar-refractivity contribution in [2.24, 2.45) is 5.92 Å². The Labute approximate surface area is 137 Å². The predicted octanol–water partition coefficient (Wildman–Crippen LogP) is 3.67. The van der Waals surface area contributed by atoms with Crippen molar-refractivity contribution in [3.63, 3.8) is 0 Å². The van der Waals surface area contributed by atoms with Gasteiger partial charge < -0.3 is 9.80 Å². The van der Waals surface area contributed by atoms with E-state index >= 15 is 0 Å². The van der Waals surface area contributed by atoms with Gasteiger partial charge in [-0.2, -0.15) is 0 Å². The zero-order chi connectivity index (χ0) is 16.3. The van der Waals surface area contributed by atoms with Crippen LogP contribution in [0.4, 0.5) is 4.39 Å². The Balaban J connectivity index is 1.99. The topological polar surface area (TPSA) is 23.6 Å². The van der Waals surface area contributed by atoms with Gasteiger partial charge in [-0.05, 0) is 57.4 Å². The molecule has 0 spiro atoms. The van der Waals surface area contributed by atoms with Gasteiger partial charge in [-0.3, -0.25) is 4.79 Å². The minimum Gasteiger partial charge on any atom is -0.341 e. The van der Waals surface area contributed by atoms with E-state index in [2.05, 4.69) is 18.7 Å². The first-order valence-corrected chi connectivity index (χ1v) is 8.20. The lowest BCUT2D eigenvalue weighted by atomic mass is 9.96. The van der Waals surface area contributed by atoms with Crippen LogP contribution in [-0.4, -0.2) is 48.4 Å². The lowest BCUT2D eigenvalue weighted by Crippen LogP contribution is -2.44. The standard InChI is InChI=1S/C17H24ClFN2O/c1-12(2)21-6-4-5-13(11-21)10-20(3)17(22)14-7-15(18)9-16(19)8-14/h7-9,12-13H,4-6,10-11H2,1-3H3/t13-/m0/s1. The Kier molecular flexibility index (Phi) is 5.81. The highest BCUT2D eigenvalue weighted by Crippen LogP contribution is 2.21. The fraction of sp³-hybridized carbons (Fsp3) is 0.588. The van der Waals surface area contributed by atoms with Crippen LogP contribution in [0.2, 0.25) is 5.02 Å². The highest BCUT2D eigenvalue weighted by atomic mass is 35.5. The molecule has 1 atom stereocenters. The summed E-state index contributed by atoms with van der Waals surface area (Å²) in [5.74, 6) is -0.190. The average Bonchev–Trinajstić information content (AvgIpc) is 2.45. The number of carbonyl (C=O) groups excluding carboxylic acids is 1.